The number of piperidine rings is 2. The van der Waals surface area contributed by atoms with Gasteiger partial charge in [0.05, 0.1) is 5.00 Å². The van der Waals surface area contributed by atoms with Gasteiger partial charge in [-0.15, -0.1) is 35.3 Å². The Morgan fingerprint density at radius 2 is 2.04 bits per heavy atom. The second kappa shape index (κ2) is 11.3. The number of likely N-dealkylation sites (N-methyl/N-ethyl adjacent to an activating group) is 1. The van der Waals surface area contributed by atoms with E-state index in [2.05, 4.69) is 49.9 Å². The lowest BCUT2D eigenvalue weighted by Gasteiger charge is -2.36. The maximum Gasteiger partial charge on any atom is 0.191 e. The molecule has 2 saturated heterocycles. The Kier molecular flexibility index (Phi) is 9.49. The molecule has 1 unspecified atom stereocenters. The van der Waals surface area contributed by atoms with Gasteiger partial charge in [0.2, 0.25) is 0 Å². The molecular formula is C19H34IN5S. The number of nitrogens with zero attached hydrogens (tertiary/aromatic N) is 3. The molecule has 1 atom stereocenters. The summed E-state index contributed by atoms with van der Waals surface area (Å²) >= 11 is 1.84. The van der Waals surface area contributed by atoms with Crippen molar-refractivity contribution in [2.45, 2.75) is 51.1 Å². The van der Waals surface area contributed by atoms with Gasteiger partial charge in [0, 0.05) is 38.8 Å². The van der Waals surface area contributed by atoms with Crippen molar-refractivity contribution in [1.29, 1.82) is 0 Å². The highest BCUT2D eigenvalue weighted by molar-refractivity contribution is 14.0. The monoisotopic (exact) mass is 491 g/mol. The minimum Gasteiger partial charge on any atom is -0.363 e. The minimum atomic E-state index is 0. The number of guanidine groups is 1. The van der Waals surface area contributed by atoms with E-state index in [0.29, 0.717) is 12.1 Å². The second-order valence-corrected chi connectivity index (χ2v) is 8.01. The summed E-state index contributed by atoms with van der Waals surface area (Å²) in [4.78, 5) is 9.55. The van der Waals surface area contributed by atoms with Crippen LogP contribution in [0.2, 0.25) is 0 Å². The van der Waals surface area contributed by atoms with Gasteiger partial charge >= 0.3 is 0 Å². The van der Waals surface area contributed by atoms with Gasteiger partial charge in [-0.3, -0.25) is 9.89 Å². The predicted octanol–water partition coefficient (Wildman–Crippen LogP) is 3.37. The summed E-state index contributed by atoms with van der Waals surface area (Å²) < 4.78 is 0. The zero-order chi connectivity index (χ0) is 17.5. The fourth-order valence-corrected chi connectivity index (χ4v) is 4.79. The van der Waals surface area contributed by atoms with E-state index >= 15 is 0 Å². The summed E-state index contributed by atoms with van der Waals surface area (Å²) in [7, 11) is 1.88. The topological polar surface area (TPSA) is 42.9 Å². The fourth-order valence-electron chi connectivity index (χ4n) is 4.00. The van der Waals surface area contributed by atoms with Gasteiger partial charge in [-0.25, -0.2) is 0 Å². The summed E-state index contributed by atoms with van der Waals surface area (Å²) in [5.74, 6) is 0.969. The van der Waals surface area contributed by atoms with Gasteiger partial charge in [-0.2, -0.15) is 0 Å². The molecule has 148 valence electrons. The van der Waals surface area contributed by atoms with E-state index < -0.39 is 0 Å². The molecular weight excluding hydrogens is 457 g/mol. The standard InChI is InChI=1S/C19H33N5S.HI/c1-3-23-11-5-4-7-17(23)15-21-19(20-2)22-16-9-12-24(13-10-16)18-8-6-14-25-18;/h6,8,14,16-17H,3-5,7,9-13,15H2,1-2H3,(H2,20,21,22);1H. The Morgan fingerprint density at radius 1 is 1.23 bits per heavy atom. The molecule has 2 aliphatic rings. The number of thiophene rings is 1. The third kappa shape index (κ3) is 5.99. The third-order valence-electron chi connectivity index (χ3n) is 5.54. The average Bonchev–Trinajstić information content (AvgIpc) is 3.20. The number of likely N-dealkylation sites (tertiary alicyclic amines) is 1. The number of anilines is 1. The second-order valence-electron chi connectivity index (χ2n) is 7.09. The van der Waals surface area contributed by atoms with Gasteiger partial charge in [-0.05, 0) is 56.3 Å². The average molecular weight is 491 g/mol. The number of hydrogen-bond donors (Lipinski definition) is 2. The van der Waals surface area contributed by atoms with Crippen LogP contribution in [0.4, 0.5) is 5.00 Å². The van der Waals surface area contributed by atoms with Crippen molar-refractivity contribution in [3.8, 4) is 0 Å². The lowest BCUT2D eigenvalue weighted by atomic mass is 10.0. The number of nitrogens with one attached hydrogen (secondary N) is 2. The van der Waals surface area contributed by atoms with Crippen molar-refractivity contribution in [3.05, 3.63) is 17.5 Å². The molecule has 3 rings (SSSR count). The van der Waals surface area contributed by atoms with Crippen LogP contribution in [0, 0.1) is 0 Å². The lowest BCUT2D eigenvalue weighted by molar-refractivity contribution is 0.157. The first-order valence-corrected chi connectivity index (χ1v) is 10.7. The maximum atomic E-state index is 4.45. The molecule has 0 aromatic carbocycles. The summed E-state index contributed by atoms with van der Waals surface area (Å²) in [5.41, 5.74) is 0. The zero-order valence-corrected chi connectivity index (χ0v) is 19.3. The lowest BCUT2D eigenvalue weighted by Crippen LogP contribution is -2.52. The van der Waals surface area contributed by atoms with Crippen molar-refractivity contribution < 1.29 is 0 Å². The molecule has 1 aromatic heterocycles. The number of aliphatic imine (C=N–C) groups is 1. The summed E-state index contributed by atoms with van der Waals surface area (Å²) in [6.07, 6.45) is 6.35. The maximum absolute atomic E-state index is 4.45. The number of halogens is 1. The van der Waals surface area contributed by atoms with Crippen LogP contribution in [0.15, 0.2) is 22.5 Å². The molecule has 2 aliphatic heterocycles. The molecule has 2 fully saturated rings. The van der Waals surface area contributed by atoms with Crippen LogP contribution in [0.25, 0.3) is 0 Å². The highest BCUT2D eigenvalue weighted by Gasteiger charge is 2.23. The Bertz CT molecular complexity index is 528. The van der Waals surface area contributed by atoms with Gasteiger partial charge in [0.1, 0.15) is 0 Å². The van der Waals surface area contributed by atoms with Crippen molar-refractivity contribution >= 4 is 46.3 Å². The first-order chi connectivity index (χ1) is 12.3. The Balaban J connectivity index is 0.00000243. The van der Waals surface area contributed by atoms with E-state index in [1.165, 1.54) is 43.6 Å². The van der Waals surface area contributed by atoms with E-state index in [9.17, 15) is 0 Å². The van der Waals surface area contributed by atoms with Crippen LogP contribution < -0.4 is 15.5 Å². The van der Waals surface area contributed by atoms with Crippen LogP contribution in [0.3, 0.4) is 0 Å². The van der Waals surface area contributed by atoms with Crippen LogP contribution >= 0.6 is 35.3 Å². The largest absolute Gasteiger partial charge is 0.363 e. The Hall–Kier alpha value is -0.540. The van der Waals surface area contributed by atoms with Crippen molar-refractivity contribution in [2.75, 3.05) is 44.7 Å². The first-order valence-electron chi connectivity index (χ1n) is 9.80. The van der Waals surface area contributed by atoms with Crippen LogP contribution in [0.5, 0.6) is 0 Å². The smallest absolute Gasteiger partial charge is 0.191 e. The third-order valence-corrected chi connectivity index (χ3v) is 6.47. The van der Waals surface area contributed by atoms with Gasteiger partial charge in [0.15, 0.2) is 5.96 Å². The van der Waals surface area contributed by atoms with Gasteiger partial charge < -0.3 is 15.5 Å². The molecule has 0 radical (unpaired) electrons. The first kappa shape index (κ1) is 21.8. The van der Waals surface area contributed by atoms with Crippen molar-refractivity contribution in [1.82, 2.24) is 15.5 Å². The van der Waals surface area contributed by atoms with E-state index in [1.54, 1.807) is 0 Å². The normalized spacial score (nSPS) is 22.8. The van der Waals surface area contributed by atoms with E-state index in [0.717, 1.165) is 32.1 Å². The van der Waals surface area contributed by atoms with Crippen LogP contribution in [-0.2, 0) is 0 Å². The van der Waals surface area contributed by atoms with Crippen LogP contribution in [0.1, 0.15) is 39.0 Å². The van der Waals surface area contributed by atoms with Gasteiger partial charge in [0.25, 0.3) is 0 Å². The summed E-state index contributed by atoms with van der Waals surface area (Å²) in [6.45, 7) is 7.92. The number of hydrogen-bond acceptors (Lipinski definition) is 4. The molecule has 3 heterocycles. The zero-order valence-electron chi connectivity index (χ0n) is 16.1. The number of rotatable bonds is 5. The molecule has 0 spiro atoms. The molecule has 0 aliphatic carbocycles. The van der Waals surface area contributed by atoms with Crippen molar-refractivity contribution in [3.63, 3.8) is 0 Å². The van der Waals surface area contributed by atoms with Crippen LogP contribution in [-0.4, -0.2) is 62.7 Å². The predicted molar refractivity (Wildman–Crippen MR) is 124 cm³/mol. The molecule has 0 amide bonds. The molecule has 0 bridgehead atoms. The summed E-state index contributed by atoms with van der Waals surface area (Å²) in [6, 6.07) is 5.54. The molecule has 26 heavy (non-hydrogen) atoms. The molecule has 7 heteroatoms. The van der Waals surface area contributed by atoms with E-state index in [-0.39, 0.29) is 24.0 Å². The molecule has 5 nitrogen and oxygen atoms in total. The van der Waals surface area contributed by atoms with Crippen molar-refractivity contribution in [2.24, 2.45) is 4.99 Å². The highest BCUT2D eigenvalue weighted by atomic mass is 127. The minimum absolute atomic E-state index is 0. The quantitative estimate of drug-likeness (QED) is 0.377. The van der Waals surface area contributed by atoms with E-state index in [4.69, 9.17) is 0 Å². The Morgan fingerprint density at radius 3 is 2.69 bits per heavy atom. The Labute approximate surface area is 179 Å². The summed E-state index contributed by atoms with van der Waals surface area (Å²) in [5, 5.41) is 10.8. The molecule has 2 N–H and O–H groups in total. The fraction of sp³-hybridized carbons (Fsp3) is 0.737. The molecule has 1 aromatic rings. The highest BCUT2D eigenvalue weighted by Crippen LogP contribution is 2.24. The van der Waals surface area contributed by atoms with Gasteiger partial charge in [-0.1, -0.05) is 13.3 Å². The molecule has 0 saturated carbocycles. The van der Waals surface area contributed by atoms with E-state index in [1.807, 2.05) is 18.4 Å². The SMILES string of the molecule is CCN1CCCCC1CNC(=NC)NC1CCN(c2cccs2)CC1.I.